The number of nitrogens with one attached hydrogen (secondary N) is 2. The predicted molar refractivity (Wildman–Crippen MR) is 85.1 cm³/mol. The van der Waals surface area contributed by atoms with Crippen molar-refractivity contribution >= 4 is 17.5 Å². The van der Waals surface area contributed by atoms with E-state index < -0.39 is 0 Å². The number of carbonyl (C=O) groups excluding carboxylic acids is 2. The summed E-state index contributed by atoms with van der Waals surface area (Å²) in [6.07, 6.45) is 1.29. The molecule has 1 unspecified atom stereocenters. The lowest BCUT2D eigenvalue weighted by Crippen LogP contribution is -2.25. The molecule has 0 aliphatic carbocycles. The van der Waals surface area contributed by atoms with Gasteiger partial charge in [-0.15, -0.1) is 0 Å². The minimum absolute atomic E-state index is 0.109. The zero-order valence-electron chi connectivity index (χ0n) is 13.0. The zero-order chi connectivity index (χ0) is 15.8. The van der Waals surface area contributed by atoms with Crippen LogP contribution in [-0.4, -0.2) is 25.4 Å². The fourth-order valence-electron chi connectivity index (χ4n) is 2.32. The van der Waals surface area contributed by atoms with Crippen LogP contribution in [0.25, 0.3) is 0 Å². The van der Waals surface area contributed by atoms with Gasteiger partial charge in [-0.25, -0.2) is 0 Å². The van der Waals surface area contributed by atoms with Crippen LogP contribution in [0.3, 0.4) is 0 Å². The molecule has 0 fully saturated rings. The van der Waals surface area contributed by atoms with Crippen LogP contribution in [0.15, 0.2) is 24.3 Å². The van der Waals surface area contributed by atoms with Gasteiger partial charge >= 0.3 is 0 Å². The van der Waals surface area contributed by atoms with Crippen LogP contribution in [0.2, 0.25) is 0 Å². The predicted octanol–water partition coefficient (Wildman–Crippen LogP) is 2.00. The number of benzene rings is 1. The first-order valence-corrected chi connectivity index (χ1v) is 7.29. The first-order valence-electron chi connectivity index (χ1n) is 7.29. The molecule has 5 nitrogen and oxygen atoms in total. The first kappa shape index (κ1) is 17.2. The van der Waals surface area contributed by atoms with Crippen LogP contribution in [0.4, 0.5) is 5.69 Å². The molecule has 5 heteroatoms. The maximum absolute atomic E-state index is 12.1. The second-order valence-electron chi connectivity index (χ2n) is 5.61. The summed E-state index contributed by atoms with van der Waals surface area (Å²) in [5.74, 6) is 0.340. The van der Waals surface area contributed by atoms with Gasteiger partial charge < -0.3 is 16.4 Å². The molecule has 0 saturated carbocycles. The highest BCUT2D eigenvalue weighted by Crippen LogP contribution is 2.18. The first-order chi connectivity index (χ1) is 9.97. The quantitative estimate of drug-likeness (QED) is 0.718. The van der Waals surface area contributed by atoms with E-state index in [9.17, 15) is 9.59 Å². The molecule has 116 valence electrons. The Morgan fingerprint density at radius 1 is 1.24 bits per heavy atom. The molecule has 0 aromatic heterocycles. The topological polar surface area (TPSA) is 84.2 Å². The highest BCUT2D eigenvalue weighted by Gasteiger charge is 2.16. The third-order valence-electron chi connectivity index (χ3n) is 3.28. The number of carbonyl (C=O) groups is 2. The fraction of sp³-hybridized carbons (Fsp3) is 0.500. The Morgan fingerprint density at radius 2 is 1.90 bits per heavy atom. The molecule has 0 bridgehead atoms. The minimum Gasteiger partial charge on any atom is -0.355 e. The van der Waals surface area contributed by atoms with E-state index in [4.69, 9.17) is 5.73 Å². The van der Waals surface area contributed by atoms with Crippen molar-refractivity contribution in [2.24, 2.45) is 17.6 Å². The summed E-state index contributed by atoms with van der Waals surface area (Å²) >= 11 is 0. The molecule has 0 spiro atoms. The smallest absolute Gasteiger partial charge is 0.253 e. The highest BCUT2D eigenvalue weighted by atomic mass is 16.2. The number of hydrogen-bond donors (Lipinski definition) is 3. The van der Waals surface area contributed by atoms with Gasteiger partial charge in [0.05, 0.1) is 11.3 Å². The van der Waals surface area contributed by atoms with Crippen molar-refractivity contribution in [2.75, 3.05) is 18.9 Å². The summed E-state index contributed by atoms with van der Waals surface area (Å²) in [6.45, 7) is 4.71. The monoisotopic (exact) mass is 291 g/mol. The van der Waals surface area contributed by atoms with E-state index >= 15 is 0 Å². The Morgan fingerprint density at radius 3 is 2.48 bits per heavy atom. The average molecular weight is 291 g/mol. The van der Waals surface area contributed by atoms with Gasteiger partial charge in [-0.05, 0) is 36.9 Å². The van der Waals surface area contributed by atoms with Crippen molar-refractivity contribution < 1.29 is 9.59 Å². The summed E-state index contributed by atoms with van der Waals surface area (Å²) < 4.78 is 0. The van der Waals surface area contributed by atoms with E-state index in [1.165, 1.54) is 0 Å². The molecule has 0 heterocycles. The van der Waals surface area contributed by atoms with E-state index in [1.54, 1.807) is 31.3 Å². The number of nitrogens with two attached hydrogens (primary N) is 1. The molecule has 0 radical (unpaired) electrons. The lowest BCUT2D eigenvalue weighted by atomic mass is 9.94. The van der Waals surface area contributed by atoms with Gasteiger partial charge in [-0.3, -0.25) is 9.59 Å². The van der Waals surface area contributed by atoms with Crippen LogP contribution < -0.4 is 16.4 Å². The van der Waals surface area contributed by atoms with Crippen molar-refractivity contribution in [3.05, 3.63) is 29.8 Å². The molecular weight excluding hydrogens is 266 g/mol. The van der Waals surface area contributed by atoms with Gasteiger partial charge in [0.1, 0.15) is 0 Å². The van der Waals surface area contributed by atoms with E-state index in [1.807, 2.05) is 0 Å². The van der Waals surface area contributed by atoms with E-state index in [0.717, 1.165) is 6.42 Å². The molecular formula is C16H25N3O2. The summed E-state index contributed by atoms with van der Waals surface area (Å²) in [5, 5.41) is 5.37. The molecule has 1 rings (SSSR count). The van der Waals surface area contributed by atoms with Crippen LogP contribution in [0, 0.1) is 11.8 Å². The summed E-state index contributed by atoms with van der Waals surface area (Å²) in [4.78, 5) is 23.9. The Kier molecular flexibility index (Phi) is 6.88. The summed E-state index contributed by atoms with van der Waals surface area (Å²) in [6, 6.07) is 6.96. The SMILES string of the molecule is CNC(=O)c1ccccc1NC(=O)CC(CN)CC(C)C. The molecule has 1 atom stereocenters. The summed E-state index contributed by atoms with van der Waals surface area (Å²) in [7, 11) is 1.56. The number of amides is 2. The number of para-hydroxylation sites is 1. The molecule has 2 amide bonds. The van der Waals surface area contributed by atoms with Crippen LogP contribution in [-0.2, 0) is 4.79 Å². The number of anilines is 1. The van der Waals surface area contributed by atoms with Crippen molar-refractivity contribution in [2.45, 2.75) is 26.7 Å². The number of hydrogen-bond acceptors (Lipinski definition) is 3. The van der Waals surface area contributed by atoms with Gasteiger partial charge in [0.2, 0.25) is 5.91 Å². The van der Waals surface area contributed by atoms with E-state index in [0.29, 0.717) is 30.1 Å². The highest BCUT2D eigenvalue weighted by molar-refractivity contribution is 6.03. The maximum Gasteiger partial charge on any atom is 0.253 e. The van der Waals surface area contributed by atoms with Gasteiger partial charge in [-0.1, -0.05) is 26.0 Å². The van der Waals surface area contributed by atoms with E-state index in [2.05, 4.69) is 24.5 Å². The third kappa shape index (κ3) is 5.55. The van der Waals surface area contributed by atoms with Crippen molar-refractivity contribution in [3.8, 4) is 0 Å². The van der Waals surface area contributed by atoms with Gasteiger partial charge in [0, 0.05) is 13.5 Å². The maximum atomic E-state index is 12.1. The second kappa shape index (κ2) is 8.42. The lowest BCUT2D eigenvalue weighted by Gasteiger charge is -2.17. The molecule has 1 aromatic carbocycles. The Balaban J connectivity index is 2.72. The third-order valence-corrected chi connectivity index (χ3v) is 3.28. The molecule has 0 saturated heterocycles. The largest absolute Gasteiger partial charge is 0.355 e. The van der Waals surface area contributed by atoms with Gasteiger partial charge in [0.15, 0.2) is 0 Å². The Labute approximate surface area is 126 Å². The Hall–Kier alpha value is -1.88. The van der Waals surface area contributed by atoms with Crippen LogP contribution in [0.5, 0.6) is 0 Å². The van der Waals surface area contributed by atoms with Crippen molar-refractivity contribution in [1.82, 2.24) is 5.32 Å². The van der Waals surface area contributed by atoms with Crippen molar-refractivity contribution in [3.63, 3.8) is 0 Å². The van der Waals surface area contributed by atoms with Crippen LogP contribution in [0.1, 0.15) is 37.0 Å². The van der Waals surface area contributed by atoms with Gasteiger partial charge in [-0.2, -0.15) is 0 Å². The second-order valence-corrected chi connectivity index (χ2v) is 5.61. The van der Waals surface area contributed by atoms with Crippen molar-refractivity contribution in [1.29, 1.82) is 0 Å². The molecule has 1 aromatic rings. The average Bonchev–Trinajstić information content (AvgIpc) is 2.45. The standard InChI is InChI=1S/C16H25N3O2/c1-11(2)8-12(10-17)9-15(20)19-14-7-5-4-6-13(14)16(21)18-3/h4-7,11-12H,8-10,17H2,1-3H3,(H,18,21)(H,19,20). The molecule has 0 aliphatic rings. The number of rotatable bonds is 7. The normalized spacial score (nSPS) is 12.0. The lowest BCUT2D eigenvalue weighted by molar-refractivity contribution is -0.117. The van der Waals surface area contributed by atoms with E-state index in [-0.39, 0.29) is 17.7 Å². The molecule has 0 aliphatic heterocycles. The fourth-order valence-corrected chi connectivity index (χ4v) is 2.32. The molecule has 21 heavy (non-hydrogen) atoms. The molecule has 4 N–H and O–H groups in total. The zero-order valence-corrected chi connectivity index (χ0v) is 13.0. The van der Waals surface area contributed by atoms with Crippen LogP contribution >= 0.6 is 0 Å². The summed E-state index contributed by atoms with van der Waals surface area (Å²) in [5.41, 5.74) is 6.71. The Bertz CT molecular complexity index is 486. The minimum atomic E-state index is -0.219. The van der Waals surface area contributed by atoms with Gasteiger partial charge in [0.25, 0.3) is 5.91 Å².